The van der Waals surface area contributed by atoms with E-state index in [9.17, 15) is 4.79 Å². The van der Waals surface area contributed by atoms with Crippen LogP contribution in [0.15, 0.2) is 18.3 Å². The number of nitrogens with two attached hydrogens (primary N) is 1. The lowest BCUT2D eigenvalue weighted by Gasteiger charge is -2.13. The van der Waals surface area contributed by atoms with Crippen molar-refractivity contribution in [2.75, 3.05) is 18.1 Å². The molecule has 76 valence electrons. The van der Waals surface area contributed by atoms with Crippen LogP contribution in [0.5, 0.6) is 0 Å². The van der Waals surface area contributed by atoms with Crippen molar-refractivity contribution >= 4 is 25.1 Å². The number of aromatic nitrogens is 1. The van der Waals surface area contributed by atoms with Crippen molar-refractivity contribution in [3.8, 4) is 0 Å². The number of carbonyl (C=O) groups excluding carboxylic acids is 1. The summed E-state index contributed by atoms with van der Waals surface area (Å²) in [6.07, 6.45) is 2.77. The van der Waals surface area contributed by atoms with E-state index >= 15 is 0 Å². The highest BCUT2D eigenvalue weighted by molar-refractivity contribution is 7.64. The molecule has 0 bridgehead atoms. The first-order chi connectivity index (χ1) is 6.65. The van der Waals surface area contributed by atoms with Gasteiger partial charge in [0.2, 0.25) is 0 Å². The quantitative estimate of drug-likeness (QED) is 0.740. The smallest absolute Gasteiger partial charge is 0.316 e. The summed E-state index contributed by atoms with van der Waals surface area (Å²) in [5.41, 5.74) is 6.74. The summed E-state index contributed by atoms with van der Waals surface area (Å²) in [5, 5.41) is 2.58. The maximum Gasteiger partial charge on any atom is 0.316 e. The molecule has 0 saturated heterocycles. The summed E-state index contributed by atoms with van der Waals surface area (Å²) in [6.45, 7) is 4.23. The minimum Gasteiger partial charge on any atom is -0.351 e. The van der Waals surface area contributed by atoms with E-state index in [0.29, 0.717) is 0 Å². The van der Waals surface area contributed by atoms with Crippen LogP contribution in [0.25, 0.3) is 0 Å². The zero-order chi connectivity index (χ0) is 10.6. The van der Waals surface area contributed by atoms with Gasteiger partial charge in [-0.05, 0) is 25.0 Å². The fourth-order valence-electron chi connectivity index (χ4n) is 1.08. The summed E-state index contributed by atoms with van der Waals surface area (Å²) in [4.78, 5) is 15.0. The van der Waals surface area contributed by atoms with Crippen molar-refractivity contribution < 1.29 is 4.79 Å². The number of hydrogen-bond acceptors (Lipinski definition) is 2. The van der Waals surface area contributed by atoms with Crippen LogP contribution in [-0.4, -0.2) is 23.8 Å². The van der Waals surface area contributed by atoms with E-state index in [1.807, 2.05) is 6.07 Å². The molecule has 5 heteroatoms. The third-order valence-electron chi connectivity index (χ3n) is 1.88. The molecule has 0 aliphatic rings. The molecule has 0 saturated carbocycles. The van der Waals surface area contributed by atoms with E-state index in [4.69, 9.17) is 5.73 Å². The number of primary amides is 1. The Morgan fingerprint density at radius 3 is 3.00 bits per heavy atom. The van der Waals surface area contributed by atoms with Gasteiger partial charge in [0.15, 0.2) is 0 Å². The van der Waals surface area contributed by atoms with Crippen LogP contribution in [0.4, 0.5) is 10.5 Å². The molecule has 0 aliphatic carbocycles. The van der Waals surface area contributed by atoms with Gasteiger partial charge in [-0.2, -0.15) is 0 Å². The number of rotatable bonds is 3. The van der Waals surface area contributed by atoms with Crippen LogP contribution in [-0.2, 0) is 0 Å². The Bertz CT molecular complexity index is 330. The molecule has 1 heterocycles. The van der Waals surface area contributed by atoms with Gasteiger partial charge in [0, 0.05) is 6.20 Å². The molecular weight excluding hydrogens is 197 g/mol. The highest BCUT2D eigenvalue weighted by atomic mass is 31.1. The maximum atomic E-state index is 10.7. The second-order valence-corrected chi connectivity index (χ2v) is 5.33. The third kappa shape index (κ3) is 2.67. The zero-order valence-corrected chi connectivity index (χ0v) is 9.21. The SMILES string of the molecule is CCP(C)c1ncccc1NC(N)=O. The minimum atomic E-state index is -0.543. The van der Waals surface area contributed by atoms with E-state index in [2.05, 4.69) is 23.9 Å². The van der Waals surface area contributed by atoms with E-state index in [1.165, 1.54) is 0 Å². The average molecular weight is 211 g/mol. The molecule has 3 N–H and O–H groups in total. The normalized spacial score (nSPS) is 12.1. The summed E-state index contributed by atoms with van der Waals surface area (Å²) < 4.78 is 0. The van der Waals surface area contributed by atoms with Crippen LogP contribution in [0.2, 0.25) is 0 Å². The van der Waals surface area contributed by atoms with Crippen LogP contribution < -0.4 is 16.5 Å². The van der Waals surface area contributed by atoms with Crippen LogP contribution in [0, 0.1) is 0 Å². The lowest BCUT2D eigenvalue weighted by atomic mass is 10.4. The minimum absolute atomic E-state index is 0.306. The Morgan fingerprint density at radius 2 is 2.43 bits per heavy atom. The number of nitrogens with zero attached hydrogens (tertiary/aromatic N) is 1. The van der Waals surface area contributed by atoms with Crippen molar-refractivity contribution in [2.24, 2.45) is 5.73 Å². The highest BCUT2D eigenvalue weighted by Crippen LogP contribution is 2.30. The van der Waals surface area contributed by atoms with Gasteiger partial charge < -0.3 is 11.1 Å². The van der Waals surface area contributed by atoms with Gasteiger partial charge in [-0.15, -0.1) is 0 Å². The van der Waals surface area contributed by atoms with Crippen molar-refractivity contribution in [1.29, 1.82) is 0 Å². The first-order valence-corrected chi connectivity index (χ1v) is 6.35. The Hall–Kier alpha value is -1.15. The van der Waals surface area contributed by atoms with Gasteiger partial charge in [-0.3, -0.25) is 4.98 Å². The molecule has 0 fully saturated rings. The third-order valence-corrected chi connectivity index (χ3v) is 3.91. The van der Waals surface area contributed by atoms with Gasteiger partial charge in [0.25, 0.3) is 0 Å². The fourth-order valence-corrected chi connectivity index (χ4v) is 2.19. The van der Waals surface area contributed by atoms with Crippen molar-refractivity contribution in [3.63, 3.8) is 0 Å². The Kier molecular flexibility index (Phi) is 3.84. The van der Waals surface area contributed by atoms with Gasteiger partial charge in [-0.25, -0.2) is 4.79 Å². The summed E-state index contributed by atoms with van der Waals surface area (Å²) in [6, 6.07) is 3.06. The summed E-state index contributed by atoms with van der Waals surface area (Å²) >= 11 is 0. The standard InChI is InChI=1S/C9H14N3OP/c1-3-14(2)8-7(12-9(10)13)5-4-6-11-8/h4-6H,3H2,1-2H3,(H3,10,12,13). The zero-order valence-electron chi connectivity index (χ0n) is 8.32. The fraction of sp³-hybridized carbons (Fsp3) is 0.333. The molecule has 1 aromatic rings. The van der Waals surface area contributed by atoms with E-state index in [-0.39, 0.29) is 7.92 Å². The van der Waals surface area contributed by atoms with E-state index in [1.54, 1.807) is 12.3 Å². The lowest BCUT2D eigenvalue weighted by Crippen LogP contribution is -2.24. The maximum absolute atomic E-state index is 10.7. The van der Waals surface area contributed by atoms with Crippen LogP contribution >= 0.6 is 7.92 Å². The average Bonchev–Trinajstić information content (AvgIpc) is 2.16. The van der Waals surface area contributed by atoms with Crippen LogP contribution in [0.1, 0.15) is 6.92 Å². The van der Waals surface area contributed by atoms with Gasteiger partial charge in [0.1, 0.15) is 0 Å². The first-order valence-electron chi connectivity index (χ1n) is 4.37. The van der Waals surface area contributed by atoms with E-state index in [0.717, 1.165) is 17.3 Å². The molecule has 1 unspecified atom stereocenters. The lowest BCUT2D eigenvalue weighted by molar-refractivity contribution is 0.259. The largest absolute Gasteiger partial charge is 0.351 e. The first kappa shape index (κ1) is 10.9. The molecule has 0 aliphatic heterocycles. The Morgan fingerprint density at radius 1 is 1.71 bits per heavy atom. The van der Waals surface area contributed by atoms with Crippen molar-refractivity contribution in [1.82, 2.24) is 4.98 Å². The Labute approximate surface area is 84.7 Å². The topological polar surface area (TPSA) is 68.0 Å². The molecular formula is C9H14N3OP. The predicted octanol–water partition coefficient (Wildman–Crippen LogP) is 1.33. The molecule has 4 nitrogen and oxygen atoms in total. The van der Waals surface area contributed by atoms with Crippen molar-refractivity contribution in [2.45, 2.75) is 6.92 Å². The van der Waals surface area contributed by atoms with E-state index < -0.39 is 6.03 Å². The number of pyridine rings is 1. The highest BCUT2D eigenvalue weighted by Gasteiger charge is 2.10. The summed E-state index contributed by atoms with van der Waals surface area (Å²) in [5.74, 6) is 0. The molecule has 1 aromatic heterocycles. The van der Waals surface area contributed by atoms with Gasteiger partial charge in [0.05, 0.1) is 11.1 Å². The molecule has 0 radical (unpaired) electrons. The molecule has 1 rings (SSSR count). The molecule has 14 heavy (non-hydrogen) atoms. The van der Waals surface area contributed by atoms with Crippen molar-refractivity contribution in [3.05, 3.63) is 18.3 Å². The number of hydrogen-bond donors (Lipinski definition) is 2. The number of amides is 2. The second-order valence-electron chi connectivity index (χ2n) is 2.88. The second kappa shape index (κ2) is 4.91. The van der Waals surface area contributed by atoms with Gasteiger partial charge in [-0.1, -0.05) is 14.8 Å². The predicted molar refractivity (Wildman–Crippen MR) is 60.5 cm³/mol. The number of carbonyl (C=O) groups is 1. The molecule has 0 spiro atoms. The summed E-state index contributed by atoms with van der Waals surface area (Å²) in [7, 11) is -0.306. The Balaban J connectivity index is 2.96. The molecule has 2 amide bonds. The number of urea groups is 1. The molecule has 0 aromatic carbocycles. The number of anilines is 1. The number of nitrogens with one attached hydrogen (secondary N) is 1. The molecule has 1 atom stereocenters. The van der Waals surface area contributed by atoms with Gasteiger partial charge >= 0.3 is 6.03 Å². The van der Waals surface area contributed by atoms with Crippen LogP contribution in [0.3, 0.4) is 0 Å². The monoisotopic (exact) mass is 211 g/mol.